The van der Waals surface area contributed by atoms with E-state index in [1.807, 2.05) is 6.92 Å². The predicted molar refractivity (Wildman–Crippen MR) is 144 cm³/mol. The Hall–Kier alpha value is -1.32. The zero-order valence-electron chi connectivity index (χ0n) is 22.7. The second-order valence-corrected chi connectivity index (χ2v) is 9.95. The average molecular weight is 481 g/mol. The Morgan fingerprint density at radius 3 is 1.53 bits per heavy atom. The standard InChI is InChI=1S/C30H56O4/c1-3-5-6-7-8-9-10-11-12-13-14-15-16-17-18-19-20-21-22-23-24-25-28(30(32)33)27-29(31)34-26-4-2/h16-17,28H,3-15,18-27H2,1-2H3,(H,32,33)/b17-16+. The second-order valence-electron chi connectivity index (χ2n) is 9.95. The summed E-state index contributed by atoms with van der Waals surface area (Å²) in [5.41, 5.74) is 0. The second kappa shape index (κ2) is 26.3. The van der Waals surface area contributed by atoms with Crippen molar-refractivity contribution < 1.29 is 19.4 Å². The molecule has 4 nitrogen and oxygen atoms in total. The van der Waals surface area contributed by atoms with Crippen LogP contribution < -0.4 is 0 Å². The van der Waals surface area contributed by atoms with Gasteiger partial charge in [0, 0.05) is 0 Å². The van der Waals surface area contributed by atoms with Gasteiger partial charge < -0.3 is 9.84 Å². The molecule has 0 heterocycles. The molecule has 0 aromatic carbocycles. The number of carbonyl (C=O) groups is 2. The Labute approximate surface area is 211 Å². The molecule has 0 aliphatic carbocycles. The van der Waals surface area contributed by atoms with E-state index in [4.69, 9.17) is 4.74 Å². The van der Waals surface area contributed by atoms with E-state index in [1.54, 1.807) is 0 Å². The Morgan fingerprint density at radius 1 is 0.647 bits per heavy atom. The quantitative estimate of drug-likeness (QED) is 0.0760. The number of carboxylic acids is 1. The molecule has 200 valence electrons. The van der Waals surface area contributed by atoms with Crippen LogP contribution in [0.4, 0.5) is 0 Å². The predicted octanol–water partition coefficient (Wildman–Crippen LogP) is 9.41. The molecule has 0 aliphatic heterocycles. The van der Waals surface area contributed by atoms with E-state index in [-0.39, 0.29) is 12.4 Å². The summed E-state index contributed by atoms with van der Waals surface area (Å²) in [6.07, 6.45) is 30.7. The van der Waals surface area contributed by atoms with Crippen molar-refractivity contribution in [3.05, 3.63) is 12.2 Å². The molecule has 0 aliphatic rings. The van der Waals surface area contributed by atoms with Crippen LogP contribution in [0.15, 0.2) is 12.2 Å². The lowest BCUT2D eigenvalue weighted by molar-refractivity contribution is -0.151. The Kier molecular flexibility index (Phi) is 25.3. The van der Waals surface area contributed by atoms with Gasteiger partial charge in [-0.25, -0.2) is 0 Å². The van der Waals surface area contributed by atoms with E-state index < -0.39 is 11.9 Å². The fraction of sp³-hybridized carbons (Fsp3) is 0.867. The number of ether oxygens (including phenoxy) is 1. The monoisotopic (exact) mass is 480 g/mol. The summed E-state index contributed by atoms with van der Waals surface area (Å²) in [6, 6.07) is 0. The molecule has 0 rings (SSSR count). The third-order valence-corrected chi connectivity index (χ3v) is 6.54. The fourth-order valence-electron chi connectivity index (χ4n) is 4.31. The smallest absolute Gasteiger partial charge is 0.307 e. The molecule has 1 atom stereocenters. The van der Waals surface area contributed by atoms with E-state index >= 15 is 0 Å². The summed E-state index contributed by atoms with van der Waals surface area (Å²) in [6.45, 7) is 4.58. The van der Waals surface area contributed by atoms with Crippen LogP contribution in [-0.4, -0.2) is 23.7 Å². The number of carboxylic acid groups (broad SMARTS) is 1. The minimum Gasteiger partial charge on any atom is -0.481 e. The molecule has 0 fully saturated rings. The highest BCUT2D eigenvalue weighted by Crippen LogP contribution is 2.17. The molecular formula is C30H56O4. The van der Waals surface area contributed by atoms with Crippen LogP contribution in [-0.2, 0) is 14.3 Å². The van der Waals surface area contributed by atoms with Crippen molar-refractivity contribution in [1.82, 2.24) is 0 Å². The van der Waals surface area contributed by atoms with Gasteiger partial charge in [0.15, 0.2) is 0 Å². The summed E-state index contributed by atoms with van der Waals surface area (Å²) >= 11 is 0. The number of unbranched alkanes of at least 4 members (excludes halogenated alkanes) is 17. The maximum atomic E-state index is 11.6. The summed E-state index contributed by atoms with van der Waals surface area (Å²) < 4.78 is 5.01. The molecule has 1 unspecified atom stereocenters. The van der Waals surface area contributed by atoms with Gasteiger partial charge in [0.2, 0.25) is 0 Å². The van der Waals surface area contributed by atoms with Gasteiger partial charge in [0.05, 0.1) is 18.9 Å². The van der Waals surface area contributed by atoms with E-state index in [0.29, 0.717) is 13.0 Å². The summed E-state index contributed by atoms with van der Waals surface area (Å²) in [4.78, 5) is 23.0. The van der Waals surface area contributed by atoms with Gasteiger partial charge in [0.25, 0.3) is 0 Å². The molecule has 0 amide bonds. The summed E-state index contributed by atoms with van der Waals surface area (Å²) in [5, 5.41) is 9.30. The molecule has 0 radical (unpaired) electrons. The van der Waals surface area contributed by atoms with Crippen molar-refractivity contribution in [2.24, 2.45) is 5.92 Å². The first-order chi connectivity index (χ1) is 16.6. The first-order valence-corrected chi connectivity index (χ1v) is 14.6. The maximum Gasteiger partial charge on any atom is 0.307 e. The number of hydrogen-bond donors (Lipinski definition) is 1. The molecular weight excluding hydrogens is 424 g/mol. The zero-order chi connectivity index (χ0) is 25.1. The van der Waals surface area contributed by atoms with Gasteiger partial charge in [-0.2, -0.15) is 0 Å². The molecule has 0 aromatic heterocycles. The maximum absolute atomic E-state index is 11.6. The van der Waals surface area contributed by atoms with Crippen LogP contribution in [0.1, 0.15) is 155 Å². The van der Waals surface area contributed by atoms with Crippen molar-refractivity contribution >= 4 is 11.9 Å². The molecule has 0 bridgehead atoms. The van der Waals surface area contributed by atoms with Gasteiger partial charge in [0.1, 0.15) is 0 Å². The lowest BCUT2D eigenvalue weighted by atomic mass is 9.97. The zero-order valence-corrected chi connectivity index (χ0v) is 22.7. The van der Waals surface area contributed by atoms with E-state index in [9.17, 15) is 14.7 Å². The molecule has 1 N–H and O–H groups in total. The number of carbonyl (C=O) groups excluding carboxylic acids is 1. The first-order valence-electron chi connectivity index (χ1n) is 14.6. The van der Waals surface area contributed by atoms with Gasteiger partial charge in [-0.1, -0.05) is 122 Å². The Morgan fingerprint density at radius 2 is 1.09 bits per heavy atom. The van der Waals surface area contributed by atoms with Crippen molar-refractivity contribution in [3.8, 4) is 0 Å². The van der Waals surface area contributed by atoms with Crippen molar-refractivity contribution in [2.45, 2.75) is 155 Å². The molecule has 34 heavy (non-hydrogen) atoms. The number of allylic oxidation sites excluding steroid dienone is 2. The first kappa shape index (κ1) is 32.7. The highest BCUT2D eigenvalue weighted by atomic mass is 16.5. The topological polar surface area (TPSA) is 63.6 Å². The normalized spacial score (nSPS) is 12.3. The summed E-state index contributed by atoms with van der Waals surface area (Å²) in [5.74, 6) is -1.87. The van der Waals surface area contributed by atoms with E-state index in [2.05, 4.69) is 19.1 Å². The largest absolute Gasteiger partial charge is 0.481 e. The van der Waals surface area contributed by atoms with Gasteiger partial charge >= 0.3 is 11.9 Å². The Bertz CT molecular complexity index is 486. The highest BCUT2D eigenvalue weighted by molar-refractivity contribution is 5.78. The number of rotatable bonds is 26. The molecule has 0 saturated carbocycles. The third kappa shape index (κ3) is 23.8. The summed E-state index contributed by atoms with van der Waals surface area (Å²) in [7, 11) is 0. The highest BCUT2D eigenvalue weighted by Gasteiger charge is 2.21. The van der Waals surface area contributed by atoms with Crippen LogP contribution in [0.2, 0.25) is 0 Å². The molecule has 0 saturated heterocycles. The number of hydrogen-bond acceptors (Lipinski definition) is 3. The lowest BCUT2D eigenvalue weighted by Crippen LogP contribution is -2.19. The minimum absolute atomic E-state index is 0.000855. The van der Waals surface area contributed by atoms with E-state index in [0.717, 1.165) is 25.7 Å². The van der Waals surface area contributed by atoms with Crippen LogP contribution in [0.5, 0.6) is 0 Å². The molecule has 0 aromatic rings. The van der Waals surface area contributed by atoms with Crippen LogP contribution in [0, 0.1) is 5.92 Å². The van der Waals surface area contributed by atoms with Crippen LogP contribution >= 0.6 is 0 Å². The minimum atomic E-state index is -0.881. The third-order valence-electron chi connectivity index (χ3n) is 6.54. The molecule has 4 heteroatoms. The van der Waals surface area contributed by atoms with E-state index in [1.165, 1.54) is 103 Å². The average Bonchev–Trinajstić information content (AvgIpc) is 2.82. The van der Waals surface area contributed by atoms with Gasteiger partial charge in [-0.15, -0.1) is 0 Å². The van der Waals surface area contributed by atoms with Crippen LogP contribution in [0.25, 0.3) is 0 Å². The van der Waals surface area contributed by atoms with Crippen molar-refractivity contribution in [3.63, 3.8) is 0 Å². The molecule has 0 spiro atoms. The van der Waals surface area contributed by atoms with Crippen LogP contribution in [0.3, 0.4) is 0 Å². The SMILES string of the molecule is CCCCCCCCCCCCC/C=C/CCCCCCCCC(CC(=O)OCCC)C(=O)O. The van der Waals surface area contributed by atoms with Crippen molar-refractivity contribution in [1.29, 1.82) is 0 Å². The number of aliphatic carboxylic acids is 1. The Balaban J connectivity index is 3.41. The van der Waals surface area contributed by atoms with Gasteiger partial charge in [-0.3, -0.25) is 9.59 Å². The lowest BCUT2D eigenvalue weighted by Gasteiger charge is -2.11. The number of esters is 1. The fourth-order valence-corrected chi connectivity index (χ4v) is 4.31. The van der Waals surface area contributed by atoms with Gasteiger partial charge in [-0.05, 0) is 38.5 Å². The van der Waals surface area contributed by atoms with Crippen molar-refractivity contribution in [2.75, 3.05) is 6.61 Å².